The summed E-state index contributed by atoms with van der Waals surface area (Å²) in [6.07, 6.45) is 2.14. The topological polar surface area (TPSA) is 29.5 Å². The minimum absolute atomic E-state index is 0.146. The van der Waals surface area contributed by atoms with Crippen LogP contribution < -0.4 is 0 Å². The Morgan fingerprint density at radius 1 is 1.62 bits per heavy atom. The summed E-state index contributed by atoms with van der Waals surface area (Å²) in [6, 6.07) is 0.259. The van der Waals surface area contributed by atoms with Crippen LogP contribution in [0.2, 0.25) is 0 Å². The highest BCUT2D eigenvalue weighted by Crippen LogP contribution is 2.17. The lowest BCUT2D eigenvalue weighted by atomic mass is 10.2. The molecule has 0 radical (unpaired) electrons. The van der Waals surface area contributed by atoms with Gasteiger partial charge in [0, 0.05) is 13.5 Å². The number of allylic oxidation sites excluding steroid dienone is 1. The van der Waals surface area contributed by atoms with Crippen LogP contribution in [0.5, 0.6) is 0 Å². The zero-order valence-corrected chi connectivity index (χ0v) is 8.38. The first-order chi connectivity index (χ1) is 6.11. The van der Waals surface area contributed by atoms with Gasteiger partial charge in [0.05, 0.1) is 11.8 Å². The van der Waals surface area contributed by atoms with Gasteiger partial charge in [0.15, 0.2) is 0 Å². The Morgan fingerprint density at radius 3 is 2.85 bits per heavy atom. The molecular formula is C10H17NO2. The summed E-state index contributed by atoms with van der Waals surface area (Å²) in [5.74, 6) is 0.864. The van der Waals surface area contributed by atoms with Crippen molar-refractivity contribution in [2.24, 2.45) is 0 Å². The number of amides is 1. The Kier molecular flexibility index (Phi) is 3.34. The Balaban J connectivity index is 2.39. The van der Waals surface area contributed by atoms with Gasteiger partial charge in [-0.3, -0.25) is 4.79 Å². The number of hydrogen-bond donors (Lipinski definition) is 0. The van der Waals surface area contributed by atoms with Crippen LogP contribution in [0.4, 0.5) is 0 Å². The Hall–Kier alpha value is -0.990. The van der Waals surface area contributed by atoms with E-state index in [-0.39, 0.29) is 11.9 Å². The predicted molar refractivity (Wildman–Crippen MR) is 51.2 cm³/mol. The van der Waals surface area contributed by atoms with E-state index in [1.807, 2.05) is 11.8 Å². The summed E-state index contributed by atoms with van der Waals surface area (Å²) >= 11 is 0. The lowest BCUT2D eigenvalue weighted by molar-refractivity contribution is -0.130. The van der Waals surface area contributed by atoms with Crippen LogP contribution in [0.3, 0.4) is 0 Å². The summed E-state index contributed by atoms with van der Waals surface area (Å²) in [7, 11) is 0. The van der Waals surface area contributed by atoms with Gasteiger partial charge in [-0.2, -0.15) is 0 Å². The maximum absolute atomic E-state index is 11.1. The summed E-state index contributed by atoms with van der Waals surface area (Å²) in [5, 5.41) is 0. The van der Waals surface area contributed by atoms with Gasteiger partial charge in [0.25, 0.3) is 0 Å². The van der Waals surface area contributed by atoms with Crippen LogP contribution in [-0.2, 0) is 9.53 Å². The molecule has 0 aromatic rings. The molecule has 0 saturated carbocycles. The monoisotopic (exact) mass is 183 g/mol. The molecule has 0 bridgehead atoms. The molecule has 74 valence electrons. The number of hydrogen-bond acceptors (Lipinski definition) is 2. The van der Waals surface area contributed by atoms with Crippen molar-refractivity contribution >= 4 is 5.91 Å². The first-order valence-corrected chi connectivity index (χ1v) is 4.67. The fraction of sp³-hybridized carbons (Fsp3) is 0.700. The van der Waals surface area contributed by atoms with Crippen LogP contribution in [0.15, 0.2) is 12.3 Å². The molecule has 0 spiro atoms. The van der Waals surface area contributed by atoms with E-state index in [4.69, 9.17) is 4.74 Å². The Morgan fingerprint density at radius 2 is 2.31 bits per heavy atom. The third kappa shape index (κ3) is 2.76. The van der Waals surface area contributed by atoms with Crippen LogP contribution in [-0.4, -0.2) is 30.0 Å². The van der Waals surface area contributed by atoms with E-state index in [2.05, 4.69) is 6.58 Å². The number of rotatable bonds is 3. The van der Waals surface area contributed by atoms with E-state index in [9.17, 15) is 4.79 Å². The SMILES string of the molecule is C=C(C)OC[C@@H]1CCCN1C(C)=O. The highest BCUT2D eigenvalue weighted by Gasteiger charge is 2.26. The number of ether oxygens (including phenoxy) is 1. The van der Waals surface area contributed by atoms with Gasteiger partial charge in [0.1, 0.15) is 6.61 Å². The van der Waals surface area contributed by atoms with Crippen molar-refractivity contribution in [1.82, 2.24) is 4.90 Å². The van der Waals surface area contributed by atoms with Crippen molar-refractivity contribution in [3.05, 3.63) is 12.3 Å². The second-order valence-electron chi connectivity index (χ2n) is 3.52. The minimum Gasteiger partial charge on any atom is -0.497 e. The van der Waals surface area contributed by atoms with Crippen molar-refractivity contribution < 1.29 is 9.53 Å². The molecule has 0 aromatic carbocycles. The van der Waals surface area contributed by atoms with Gasteiger partial charge in [0.2, 0.25) is 5.91 Å². The molecule has 3 nitrogen and oxygen atoms in total. The zero-order chi connectivity index (χ0) is 9.84. The average molecular weight is 183 g/mol. The van der Waals surface area contributed by atoms with Crippen LogP contribution in [0.25, 0.3) is 0 Å². The molecule has 0 unspecified atom stereocenters. The fourth-order valence-electron chi connectivity index (χ4n) is 1.66. The second-order valence-corrected chi connectivity index (χ2v) is 3.52. The third-order valence-electron chi connectivity index (χ3n) is 2.30. The molecular weight excluding hydrogens is 166 g/mol. The molecule has 0 aromatic heterocycles. The molecule has 1 atom stereocenters. The first-order valence-electron chi connectivity index (χ1n) is 4.67. The lowest BCUT2D eigenvalue weighted by Crippen LogP contribution is -2.36. The fourth-order valence-corrected chi connectivity index (χ4v) is 1.66. The van der Waals surface area contributed by atoms with E-state index in [1.165, 1.54) is 0 Å². The van der Waals surface area contributed by atoms with Crippen molar-refractivity contribution in [2.45, 2.75) is 32.7 Å². The minimum atomic E-state index is 0.146. The largest absolute Gasteiger partial charge is 0.497 e. The van der Waals surface area contributed by atoms with Gasteiger partial charge >= 0.3 is 0 Å². The summed E-state index contributed by atoms with van der Waals surface area (Å²) < 4.78 is 5.32. The van der Waals surface area contributed by atoms with E-state index < -0.39 is 0 Å². The first kappa shape index (κ1) is 10.1. The molecule has 0 N–H and O–H groups in total. The molecule has 1 aliphatic heterocycles. The Labute approximate surface area is 79.4 Å². The number of likely N-dealkylation sites (tertiary alicyclic amines) is 1. The molecule has 0 aliphatic carbocycles. The average Bonchev–Trinajstić information content (AvgIpc) is 2.47. The van der Waals surface area contributed by atoms with E-state index in [0.717, 1.165) is 25.1 Å². The van der Waals surface area contributed by atoms with Crippen molar-refractivity contribution in [3.8, 4) is 0 Å². The van der Waals surface area contributed by atoms with Gasteiger partial charge in [-0.15, -0.1) is 0 Å². The smallest absolute Gasteiger partial charge is 0.219 e. The molecule has 1 rings (SSSR count). The van der Waals surface area contributed by atoms with Gasteiger partial charge in [-0.05, 0) is 19.8 Å². The third-order valence-corrected chi connectivity index (χ3v) is 2.30. The summed E-state index contributed by atoms with van der Waals surface area (Å²) in [5.41, 5.74) is 0. The molecule has 1 amide bonds. The lowest BCUT2D eigenvalue weighted by Gasteiger charge is -2.23. The predicted octanol–water partition coefficient (Wildman–Crippen LogP) is 1.55. The zero-order valence-electron chi connectivity index (χ0n) is 8.38. The number of nitrogens with zero attached hydrogens (tertiary/aromatic N) is 1. The molecule has 1 heterocycles. The normalized spacial score (nSPS) is 21.7. The highest BCUT2D eigenvalue weighted by molar-refractivity contribution is 5.73. The van der Waals surface area contributed by atoms with Crippen LogP contribution in [0.1, 0.15) is 26.7 Å². The Bertz CT molecular complexity index is 213. The van der Waals surface area contributed by atoms with Gasteiger partial charge < -0.3 is 9.64 Å². The van der Waals surface area contributed by atoms with Crippen molar-refractivity contribution in [1.29, 1.82) is 0 Å². The molecule has 1 saturated heterocycles. The maximum atomic E-state index is 11.1. The number of carbonyl (C=O) groups excluding carboxylic acids is 1. The van der Waals surface area contributed by atoms with Crippen molar-refractivity contribution in [3.63, 3.8) is 0 Å². The maximum Gasteiger partial charge on any atom is 0.219 e. The van der Waals surface area contributed by atoms with E-state index in [0.29, 0.717) is 6.61 Å². The van der Waals surface area contributed by atoms with Crippen LogP contribution in [0, 0.1) is 0 Å². The molecule has 3 heteroatoms. The van der Waals surface area contributed by atoms with Gasteiger partial charge in [-0.25, -0.2) is 0 Å². The number of carbonyl (C=O) groups is 1. The molecule has 13 heavy (non-hydrogen) atoms. The highest BCUT2D eigenvalue weighted by atomic mass is 16.5. The van der Waals surface area contributed by atoms with E-state index in [1.54, 1.807) is 6.92 Å². The molecule has 1 fully saturated rings. The summed E-state index contributed by atoms with van der Waals surface area (Å²) in [4.78, 5) is 13.0. The quantitative estimate of drug-likeness (QED) is 0.621. The van der Waals surface area contributed by atoms with Crippen LogP contribution >= 0.6 is 0 Å². The standard InChI is InChI=1S/C10H17NO2/c1-8(2)13-7-10-5-4-6-11(10)9(3)12/h10H,1,4-7H2,2-3H3/t10-/m0/s1. The van der Waals surface area contributed by atoms with E-state index >= 15 is 0 Å². The molecule has 1 aliphatic rings. The second kappa shape index (κ2) is 4.30. The van der Waals surface area contributed by atoms with Gasteiger partial charge in [-0.1, -0.05) is 6.58 Å². The van der Waals surface area contributed by atoms with Crippen molar-refractivity contribution in [2.75, 3.05) is 13.2 Å². The summed E-state index contributed by atoms with van der Waals surface area (Å²) in [6.45, 7) is 8.56.